The first-order chi connectivity index (χ1) is 15.7. The molecule has 178 valence electrons. The molecule has 3 heterocycles. The van der Waals surface area contributed by atoms with Crippen molar-refractivity contribution in [3.63, 3.8) is 0 Å². The highest BCUT2D eigenvalue weighted by Gasteiger charge is 2.45. The van der Waals surface area contributed by atoms with Gasteiger partial charge < -0.3 is 19.6 Å². The van der Waals surface area contributed by atoms with E-state index in [1.807, 2.05) is 19.0 Å². The molecule has 2 unspecified atom stereocenters. The van der Waals surface area contributed by atoms with Crippen LogP contribution in [0.1, 0.15) is 25.7 Å². The monoisotopic (exact) mass is 541 g/mol. The van der Waals surface area contributed by atoms with Gasteiger partial charge in [-0.25, -0.2) is 9.18 Å². The molecule has 8 nitrogen and oxygen atoms in total. The largest absolute Gasteiger partial charge is 0.465 e. The van der Waals surface area contributed by atoms with Gasteiger partial charge in [0.25, 0.3) is 0 Å². The highest BCUT2D eigenvalue weighted by molar-refractivity contribution is 9.10. The third kappa shape index (κ3) is 4.21. The zero-order valence-corrected chi connectivity index (χ0v) is 20.9. The number of carbonyl (C=O) groups is 1. The Balaban J connectivity index is 1.51. The predicted octanol–water partition coefficient (Wildman–Crippen LogP) is 4.24. The Labute approximate surface area is 204 Å². The first-order valence-electron chi connectivity index (χ1n) is 11.1. The Kier molecular flexibility index (Phi) is 5.81. The third-order valence-corrected chi connectivity index (χ3v) is 8.21. The smallest absolute Gasteiger partial charge is 0.407 e. The highest BCUT2D eigenvalue weighted by atomic mass is 79.9. The molecule has 1 aromatic carbocycles. The van der Waals surface area contributed by atoms with Crippen molar-refractivity contribution in [2.24, 2.45) is 5.41 Å². The number of piperazine rings is 1. The molecule has 1 aliphatic carbocycles. The van der Waals surface area contributed by atoms with Crippen molar-refractivity contribution in [3.05, 3.63) is 21.4 Å². The molecule has 2 aromatic rings. The molecular weight excluding hydrogens is 517 g/mol. The predicted molar refractivity (Wildman–Crippen MR) is 127 cm³/mol. The van der Waals surface area contributed by atoms with Gasteiger partial charge in [-0.2, -0.15) is 9.97 Å². The van der Waals surface area contributed by atoms with E-state index in [1.54, 1.807) is 11.0 Å². The molecule has 3 aliphatic rings. The number of ether oxygens (including phenoxy) is 1. The lowest BCUT2D eigenvalue weighted by Gasteiger charge is -2.40. The van der Waals surface area contributed by atoms with E-state index in [9.17, 15) is 9.90 Å². The minimum absolute atomic E-state index is 0.0767. The second-order valence-corrected chi connectivity index (χ2v) is 10.9. The number of carboxylic acid groups (broad SMARTS) is 1. The summed E-state index contributed by atoms with van der Waals surface area (Å²) >= 11 is 9.48. The number of nitrogens with zero attached hydrogens (tertiary/aromatic N) is 5. The van der Waals surface area contributed by atoms with Crippen molar-refractivity contribution < 1.29 is 19.0 Å². The maximum Gasteiger partial charge on any atom is 0.407 e. The minimum atomic E-state index is -0.896. The minimum Gasteiger partial charge on any atom is -0.465 e. The maximum atomic E-state index is 15.2. The molecule has 3 fully saturated rings. The zero-order valence-electron chi connectivity index (χ0n) is 18.5. The molecule has 1 N–H and O–H groups in total. The lowest BCUT2D eigenvalue weighted by atomic mass is 10.1. The summed E-state index contributed by atoms with van der Waals surface area (Å²) < 4.78 is 21.4. The Morgan fingerprint density at radius 1 is 1.33 bits per heavy atom. The molecule has 2 saturated heterocycles. The number of anilines is 1. The summed E-state index contributed by atoms with van der Waals surface area (Å²) in [5.41, 5.74) is 0.213. The number of benzene rings is 1. The molecule has 1 amide bonds. The Morgan fingerprint density at radius 3 is 2.58 bits per heavy atom. The number of hydrogen-bond donors (Lipinski definition) is 1. The van der Waals surface area contributed by atoms with E-state index in [0.717, 1.165) is 32.2 Å². The topological polar surface area (TPSA) is 82.0 Å². The van der Waals surface area contributed by atoms with E-state index >= 15 is 4.39 Å². The van der Waals surface area contributed by atoms with Gasteiger partial charge in [-0.15, -0.1) is 0 Å². The van der Waals surface area contributed by atoms with E-state index in [1.165, 1.54) is 0 Å². The van der Waals surface area contributed by atoms with Crippen LogP contribution in [0.5, 0.6) is 6.01 Å². The number of halogens is 3. The Morgan fingerprint density at radius 2 is 2.00 bits per heavy atom. The van der Waals surface area contributed by atoms with Crippen LogP contribution in [0, 0.1) is 11.2 Å². The van der Waals surface area contributed by atoms with Crippen LogP contribution in [0.2, 0.25) is 5.02 Å². The average molecular weight is 543 g/mol. The van der Waals surface area contributed by atoms with Gasteiger partial charge in [0.1, 0.15) is 11.3 Å². The quantitative estimate of drug-likeness (QED) is 0.547. The molecule has 2 aliphatic heterocycles. The fourth-order valence-electron chi connectivity index (χ4n) is 5.24. The lowest BCUT2D eigenvalue weighted by Crippen LogP contribution is -2.55. The van der Waals surface area contributed by atoms with Crippen molar-refractivity contribution in [2.45, 2.75) is 37.8 Å². The van der Waals surface area contributed by atoms with Crippen molar-refractivity contribution in [3.8, 4) is 6.01 Å². The van der Waals surface area contributed by atoms with Crippen LogP contribution in [-0.2, 0) is 0 Å². The van der Waals surface area contributed by atoms with Gasteiger partial charge in [-0.3, -0.25) is 4.90 Å². The van der Waals surface area contributed by atoms with E-state index < -0.39 is 11.9 Å². The third-order valence-electron chi connectivity index (χ3n) is 6.91. The van der Waals surface area contributed by atoms with E-state index in [0.29, 0.717) is 30.9 Å². The van der Waals surface area contributed by atoms with E-state index in [-0.39, 0.29) is 38.5 Å². The Hall–Kier alpha value is -1.91. The molecule has 11 heteroatoms. The summed E-state index contributed by atoms with van der Waals surface area (Å²) in [6, 6.07) is 1.54. The highest BCUT2D eigenvalue weighted by Crippen LogP contribution is 2.46. The number of hydrogen-bond acceptors (Lipinski definition) is 6. The van der Waals surface area contributed by atoms with Crippen LogP contribution < -0.4 is 9.64 Å². The molecule has 2 bridgehead atoms. The molecule has 1 aromatic heterocycles. The van der Waals surface area contributed by atoms with Crippen molar-refractivity contribution in [1.29, 1.82) is 0 Å². The van der Waals surface area contributed by atoms with Crippen LogP contribution in [0.25, 0.3) is 10.9 Å². The van der Waals surface area contributed by atoms with E-state index in [4.69, 9.17) is 16.3 Å². The number of fused-ring (bicyclic) bond motifs is 3. The second kappa shape index (κ2) is 8.39. The molecule has 1 saturated carbocycles. The summed E-state index contributed by atoms with van der Waals surface area (Å²) in [6.07, 6.45) is 2.84. The average Bonchev–Trinajstić information content (AvgIpc) is 3.46. The van der Waals surface area contributed by atoms with Crippen LogP contribution in [0.15, 0.2) is 10.5 Å². The van der Waals surface area contributed by atoms with Crippen LogP contribution in [0.3, 0.4) is 0 Å². The van der Waals surface area contributed by atoms with Crippen molar-refractivity contribution in [2.75, 3.05) is 45.2 Å². The number of aromatic nitrogens is 2. The fourth-order valence-corrected chi connectivity index (χ4v) is 5.74. The SMILES string of the molecule is CN(C)CC1(COc2nc(N3CC4CCC(C3)N4C(=O)O)c3cc(Cl)c(Br)c(F)c3n2)CC1. The standard InChI is InChI=1S/C22H26BrClFN5O3/c1-28(2)10-22(5-6-22)11-33-20-26-18-14(7-15(24)16(23)17(18)25)19(27-20)29-8-12-3-4-13(9-29)30(12)21(31)32/h7,12-13H,3-6,8-11H2,1-2H3,(H,31,32). The molecule has 0 spiro atoms. The van der Waals surface area contributed by atoms with Gasteiger partial charge in [0.2, 0.25) is 0 Å². The second-order valence-electron chi connectivity index (χ2n) is 9.72. The molecule has 5 rings (SSSR count). The Bertz CT molecular complexity index is 1100. The molecule has 2 atom stereocenters. The summed E-state index contributed by atoms with van der Waals surface area (Å²) in [4.78, 5) is 26.5. The maximum absolute atomic E-state index is 15.2. The summed E-state index contributed by atoms with van der Waals surface area (Å²) in [5, 5.41) is 10.3. The molecular formula is C22H26BrClFN5O3. The van der Waals surface area contributed by atoms with Gasteiger partial charge in [0.05, 0.1) is 28.2 Å². The molecule has 33 heavy (non-hydrogen) atoms. The fraction of sp³-hybridized carbons (Fsp3) is 0.591. The van der Waals surface area contributed by atoms with Crippen LogP contribution >= 0.6 is 27.5 Å². The van der Waals surface area contributed by atoms with Crippen molar-refractivity contribution in [1.82, 2.24) is 19.8 Å². The normalized spacial score (nSPS) is 23.5. The van der Waals surface area contributed by atoms with E-state index in [2.05, 4.69) is 30.8 Å². The summed E-state index contributed by atoms with van der Waals surface area (Å²) in [7, 11) is 4.07. The van der Waals surface area contributed by atoms with Crippen molar-refractivity contribution >= 4 is 50.3 Å². The number of rotatable bonds is 6. The van der Waals surface area contributed by atoms with Gasteiger partial charge >= 0.3 is 12.1 Å². The van der Waals surface area contributed by atoms with Gasteiger partial charge in [-0.1, -0.05) is 11.6 Å². The number of amides is 1. The van der Waals surface area contributed by atoms with Crippen LogP contribution in [-0.4, -0.2) is 83.4 Å². The first kappa shape index (κ1) is 22.9. The first-order valence-corrected chi connectivity index (χ1v) is 12.2. The molecule has 0 radical (unpaired) electrons. The van der Waals surface area contributed by atoms with Crippen LogP contribution in [0.4, 0.5) is 15.0 Å². The summed E-state index contributed by atoms with van der Waals surface area (Å²) in [5.74, 6) is -0.0322. The summed E-state index contributed by atoms with van der Waals surface area (Å²) in [6.45, 7) is 2.33. The van der Waals surface area contributed by atoms with Gasteiger partial charge in [0, 0.05) is 30.4 Å². The van der Waals surface area contributed by atoms with Gasteiger partial charge in [0.15, 0.2) is 5.82 Å². The van der Waals surface area contributed by atoms with Gasteiger partial charge in [-0.05, 0) is 61.8 Å². The zero-order chi connectivity index (χ0) is 23.5. The lowest BCUT2D eigenvalue weighted by molar-refractivity contribution is 0.114.